The van der Waals surface area contributed by atoms with Gasteiger partial charge in [0.2, 0.25) is 0 Å². The molecule has 0 saturated heterocycles. The van der Waals surface area contributed by atoms with E-state index in [0.29, 0.717) is 0 Å². The number of hydrogen-bond acceptors (Lipinski definition) is 3. The van der Waals surface area contributed by atoms with Crippen LogP contribution in [0.15, 0.2) is 18.2 Å². The Morgan fingerprint density at radius 3 is 2.56 bits per heavy atom. The van der Waals surface area contributed by atoms with E-state index in [1.54, 1.807) is 0 Å². The van der Waals surface area contributed by atoms with Crippen LogP contribution >= 0.6 is 0 Å². The third-order valence-electron chi connectivity index (χ3n) is 2.11. The second kappa shape index (κ2) is 4.71. The van der Waals surface area contributed by atoms with Crippen LogP contribution in [-0.4, -0.2) is 18.3 Å². The molecule has 0 spiro atoms. The lowest BCUT2D eigenvalue weighted by Gasteiger charge is -2.23. The lowest BCUT2D eigenvalue weighted by molar-refractivity contribution is -0.0500. The molecule has 3 nitrogen and oxygen atoms in total. The summed E-state index contributed by atoms with van der Waals surface area (Å²) in [5.41, 5.74) is 4.39. The highest BCUT2D eigenvalue weighted by Gasteiger charge is 2.24. The monoisotopic (exact) mass is 235 g/mol. The topological polar surface area (TPSA) is 55.5 Å². The molecule has 1 rings (SSSR count). The Labute approximate surface area is 90.6 Å². The van der Waals surface area contributed by atoms with Crippen LogP contribution in [0.3, 0.4) is 0 Å². The predicted molar refractivity (Wildman–Crippen MR) is 51.7 cm³/mol. The molecule has 0 aromatic heterocycles. The summed E-state index contributed by atoms with van der Waals surface area (Å²) < 4.78 is 41.2. The number of benzene rings is 1. The van der Waals surface area contributed by atoms with Gasteiger partial charge >= 0.3 is 6.61 Å². The molecule has 0 heterocycles. The normalized spacial score (nSPS) is 14.9. The molecule has 0 bridgehead atoms. The molecular formula is C10H12F3NO2. The van der Waals surface area contributed by atoms with E-state index in [4.69, 9.17) is 10.8 Å². The number of nitrogens with two attached hydrogens (primary N) is 1. The summed E-state index contributed by atoms with van der Waals surface area (Å²) in [5, 5.41) is 8.94. The smallest absolute Gasteiger partial charge is 0.387 e. The first-order valence-corrected chi connectivity index (χ1v) is 4.51. The lowest BCUT2D eigenvalue weighted by Crippen LogP contribution is -2.37. The highest BCUT2D eigenvalue weighted by atomic mass is 19.3. The Bertz CT molecular complexity index is 369. The van der Waals surface area contributed by atoms with Gasteiger partial charge in [0.25, 0.3) is 0 Å². The minimum Gasteiger partial charge on any atom is -0.435 e. The third kappa shape index (κ3) is 2.86. The van der Waals surface area contributed by atoms with Crippen molar-refractivity contribution < 1.29 is 23.0 Å². The molecule has 6 heteroatoms. The van der Waals surface area contributed by atoms with Crippen LogP contribution < -0.4 is 10.5 Å². The second-order valence-electron chi connectivity index (χ2n) is 3.60. The van der Waals surface area contributed by atoms with Crippen LogP contribution in [0.4, 0.5) is 13.2 Å². The van der Waals surface area contributed by atoms with Gasteiger partial charge in [0.1, 0.15) is 11.6 Å². The van der Waals surface area contributed by atoms with Crippen LogP contribution in [-0.2, 0) is 5.54 Å². The summed E-state index contributed by atoms with van der Waals surface area (Å²) in [6, 6.07) is 3.19. The van der Waals surface area contributed by atoms with E-state index in [2.05, 4.69) is 4.74 Å². The molecule has 0 fully saturated rings. The molecule has 1 unspecified atom stereocenters. The Kier molecular flexibility index (Phi) is 3.77. The van der Waals surface area contributed by atoms with E-state index < -0.39 is 24.6 Å². The minimum atomic E-state index is -3.01. The zero-order chi connectivity index (χ0) is 12.3. The van der Waals surface area contributed by atoms with Gasteiger partial charge in [0.15, 0.2) is 0 Å². The van der Waals surface area contributed by atoms with E-state index in [1.165, 1.54) is 19.1 Å². The van der Waals surface area contributed by atoms with Gasteiger partial charge in [-0.25, -0.2) is 4.39 Å². The van der Waals surface area contributed by atoms with Crippen molar-refractivity contribution >= 4 is 0 Å². The first-order chi connectivity index (χ1) is 7.36. The molecule has 0 aliphatic heterocycles. The van der Waals surface area contributed by atoms with Crippen molar-refractivity contribution in [2.24, 2.45) is 5.73 Å². The van der Waals surface area contributed by atoms with Gasteiger partial charge in [-0.3, -0.25) is 0 Å². The predicted octanol–water partition coefficient (Wildman–Crippen LogP) is 1.59. The summed E-state index contributed by atoms with van der Waals surface area (Å²) in [6.07, 6.45) is 0. The largest absolute Gasteiger partial charge is 0.435 e. The molecule has 3 N–H and O–H groups in total. The average Bonchev–Trinajstić information content (AvgIpc) is 2.16. The fraction of sp³-hybridized carbons (Fsp3) is 0.400. The average molecular weight is 235 g/mol. The Balaban J connectivity index is 3.00. The quantitative estimate of drug-likeness (QED) is 0.833. The number of hydrogen-bond donors (Lipinski definition) is 2. The van der Waals surface area contributed by atoms with Gasteiger partial charge in [-0.15, -0.1) is 0 Å². The maximum atomic E-state index is 13.5. The van der Waals surface area contributed by atoms with Crippen molar-refractivity contribution in [3.63, 3.8) is 0 Å². The fourth-order valence-corrected chi connectivity index (χ4v) is 1.22. The molecule has 90 valence electrons. The number of alkyl halides is 2. The van der Waals surface area contributed by atoms with Crippen molar-refractivity contribution in [3.05, 3.63) is 29.6 Å². The molecular weight excluding hydrogens is 223 g/mol. The zero-order valence-corrected chi connectivity index (χ0v) is 8.58. The van der Waals surface area contributed by atoms with E-state index in [9.17, 15) is 13.2 Å². The summed E-state index contributed by atoms with van der Waals surface area (Å²) >= 11 is 0. The number of aliphatic hydroxyl groups is 1. The van der Waals surface area contributed by atoms with Crippen molar-refractivity contribution in [2.75, 3.05) is 6.61 Å². The molecule has 16 heavy (non-hydrogen) atoms. The van der Waals surface area contributed by atoms with E-state index in [1.807, 2.05) is 0 Å². The van der Waals surface area contributed by atoms with Gasteiger partial charge in [-0.1, -0.05) is 6.07 Å². The Morgan fingerprint density at radius 1 is 1.50 bits per heavy atom. The number of ether oxygens (including phenoxy) is 1. The van der Waals surface area contributed by atoms with Crippen LogP contribution in [0, 0.1) is 5.82 Å². The van der Waals surface area contributed by atoms with Crippen molar-refractivity contribution in [1.82, 2.24) is 0 Å². The first kappa shape index (κ1) is 12.8. The maximum Gasteiger partial charge on any atom is 0.387 e. The lowest BCUT2D eigenvalue weighted by atomic mass is 9.94. The van der Waals surface area contributed by atoms with Gasteiger partial charge in [0, 0.05) is 11.6 Å². The number of halogens is 3. The van der Waals surface area contributed by atoms with E-state index in [-0.39, 0.29) is 11.3 Å². The van der Waals surface area contributed by atoms with Crippen LogP contribution in [0.2, 0.25) is 0 Å². The van der Waals surface area contributed by atoms with Crippen LogP contribution in [0.25, 0.3) is 0 Å². The summed E-state index contributed by atoms with van der Waals surface area (Å²) in [5.74, 6) is -1.08. The molecule has 0 radical (unpaired) electrons. The van der Waals surface area contributed by atoms with Gasteiger partial charge in [-0.05, 0) is 13.0 Å². The summed E-state index contributed by atoms with van der Waals surface area (Å²) in [6.45, 7) is -2.04. The molecule has 1 aromatic rings. The number of rotatable bonds is 4. The third-order valence-corrected chi connectivity index (χ3v) is 2.11. The molecule has 0 amide bonds. The van der Waals surface area contributed by atoms with Gasteiger partial charge in [-0.2, -0.15) is 8.78 Å². The molecule has 1 aromatic carbocycles. The molecule has 0 aliphatic carbocycles. The number of aliphatic hydroxyl groups excluding tert-OH is 1. The van der Waals surface area contributed by atoms with Gasteiger partial charge in [0.05, 0.1) is 12.1 Å². The van der Waals surface area contributed by atoms with Crippen molar-refractivity contribution in [2.45, 2.75) is 19.1 Å². The highest BCUT2D eigenvalue weighted by molar-refractivity contribution is 5.33. The van der Waals surface area contributed by atoms with Crippen LogP contribution in [0.5, 0.6) is 5.75 Å². The maximum absolute atomic E-state index is 13.5. The Morgan fingerprint density at radius 2 is 2.12 bits per heavy atom. The fourth-order valence-electron chi connectivity index (χ4n) is 1.22. The summed E-state index contributed by atoms with van der Waals surface area (Å²) in [4.78, 5) is 0. The van der Waals surface area contributed by atoms with Gasteiger partial charge < -0.3 is 15.6 Å². The van der Waals surface area contributed by atoms with E-state index in [0.717, 1.165) is 6.07 Å². The van der Waals surface area contributed by atoms with E-state index >= 15 is 0 Å². The molecule has 0 aliphatic rings. The molecule has 0 saturated carbocycles. The summed E-state index contributed by atoms with van der Waals surface area (Å²) in [7, 11) is 0. The first-order valence-electron chi connectivity index (χ1n) is 4.51. The van der Waals surface area contributed by atoms with Crippen LogP contribution in [0.1, 0.15) is 12.5 Å². The van der Waals surface area contributed by atoms with Crippen molar-refractivity contribution in [1.29, 1.82) is 0 Å². The second-order valence-corrected chi connectivity index (χ2v) is 3.60. The SMILES string of the molecule is CC(N)(CO)c1ccc(OC(F)F)cc1F. The highest BCUT2D eigenvalue weighted by Crippen LogP contribution is 2.25. The zero-order valence-electron chi connectivity index (χ0n) is 8.58. The minimum absolute atomic E-state index is 0.0385. The standard InChI is InChI=1S/C10H12F3NO2/c1-10(14,5-15)7-3-2-6(4-8(7)11)16-9(12)13/h2-4,9,15H,5,14H2,1H3. The molecule has 1 atom stereocenters. The van der Waals surface area contributed by atoms with Crippen molar-refractivity contribution in [3.8, 4) is 5.75 Å². The Hall–Kier alpha value is -1.27.